The molecule has 2 rings (SSSR count). The molecule has 73 heavy (non-hydrogen) atoms. The maximum atomic E-state index is 13.5. The molecule has 0 aromatic carbocycles. The van der Waals surface area contributed by atoms with Crippen molar-refractivity contribution in [3.8, 4) is 0 Å². The Balaban J connectivity index is 0.0000131. The third-order valence-electron chi connectivity index (χ3n) is 10.8. The van der Waals surface area contributed by atoms with E-state index in [1.807, 2.05) is 20.8 Å². The fraction of sp³-hybridized carbons (Fsp3) is 0.745. The Kier molecular flexibility index (Phi) is 38.1. The molecular formula is C47H82N8O18. The highest BCUT2D eigenvalue weighted by Crippen LogP contribution is 2.11. The summed E-state index contributed by atoms with van der Waals surface area (Å²) in [5, 5.41) is 45.1. The normalized spacial score (nSPS) is 14.7. The van der Waals surface area contributed by atoms with E-state index in [-0.39, 0.29) is 160 Å². The van der Waals surface area contributed by atoms with E-state index in [1.165, 1.54) is 17.0 Å². The van der Waals surface area contributed by atoms with E-state index in [0.717, 1.165) is 18.8 Å². The highest BCUT2D eigenvalue weighted by Gasteiger charge is 2.29. The van der Waals surface area contributed by atoms with E-state index in [0.29, 0.717) is 52.7 Å². The van der Waals surface area contributed by atoms with Crippen molar-refractivity contribution >= 4 is 41.9 Å². The molecule has 1 aromatic heterocycles. The first-order valence-electron chi connectivity index (χ1n) is 25.0. The average Bonchev–Trinajstić information content (AvgIpc) is 3.35. The Bertz CT molecular complexity index is 1750. The molecule has 1 aromatic rings. The van der Waals surface area contributed by atoms with Gasteiger partial charge in [-0.25, -0.2) is 0 Å². The molecule has 0 bridgehead atoms. The number of hydrogen-bond acceptors (Lipinski definition) is 19. The molecule has 1 aliphatic heterocycles. The summed E-state index contributed by atoms with van der Waals surface area (Å²) in [4.78, 5) is 106. The number of aromatic nitrogens is 1. The lowest BCUT2D eigenvalue weighted by Gasteiger charge is -2.35. The summed E-state index contributed by atoms with van der Waals surface area (Å²) >= 11 is 0. The molecule has 26 heteroatoms. The van der Waals surface area contributed by atoms with Crippen molar-refractivity contribution in [2.45, 2.75) is 52.5 Å². The number of nitrogens with zero attached hydrogens (tertiary/aromatic N) is 6. The summed E-state index contributed by atoms with van der Waals surface area (Å²) in [6.45, 7) is 11.2. The molecule has 3 amide bonds. The molecule has 1 aliphatic rings. The first-order valence-corrected chi connectivity index (χ1v) is 25.0. The molecule has 0 saturated carbocycles. The van der Waals surface area contributed by atoms with Gasteiger partial charge < -0.3 is 69.3 Å². The van der Waals surface area contributed by atoms with Crippen molar-refractivity contribution in [1.82, 2.24) is 39.9 Å². The molecule has 1 atom stereocenters. The second-order valence-corrected chi connectivity index (χ2v) is 16.2. The van der Waals surface area contributed by atoms with E-state index < -0.39 is 41.3 Å². The number of carbonyl (C=O) groups excluding carboxylic acids is 4. The van der Waals surface area contributed by atoms with Gasteiger partial charge in [0.2, 0.25) is 11.8 Å². The van der Waals surface area contributed by atoms with Crippen LogP contribution in [0.25, 0.3) is 0 Å². The predicted molar refractivity (Wildman–Crippen MR) is 264 cm³/mol. The van der Waals surface area contributed by atoms with Crippen molar-refractivity contribution in [3.05, 3.63) is 34.2 Å². The molecule has 0 aliphatic carbocycles. The minimum Gasteiger partial charge on any atom is -0.480 e. The van der Waals surface area contributed by atoms with Crippen LogP contribution in [0.3, 0.4) is 0 Å². The second kappa shape index (κ2) is 42.2. The third kappa shape index (κ3) is 31.9. The largest absolute Gasteiger partial charge is 0.480 e. The molecule has 1 unspecified atom stereocenters. The van der Waals surface area contributed by atoms with Crippen LogP contribution in [-0.4, -0.2) is 275 Å². The lowest BCUT2D eigenvalue weighted by Crippen LogP contribution is -2.51. The lowest BCUT2D eigenvalue weighted by atomic mass is 10.1. The van der Waals surface area contributed by atoms with E-state index >= 15 is 0 Å². The van der Waals surface area contributed by atoms with Gasteiger partial charge in [0.1, 0.15) is 18.0 Å². The Labute approximate surface area is 427 Å². The van der Waals surface area contributed by atoms with Gasteiger partial charge in [-0.2, -0.15) is 0 Å². The van der Waals surface area contributed by atoms with Crippen molar-refractivity contribution < 1.29 is 82.5 Å². The Morgan fingerprint density at radius 1 is 0.630 bits per heavy atom. The summed E-state index contributed by atoms with van der Waals surface area (Å²) in [5.74, 6) is -4.83. The zero-order chi connectivity index (χ0) is 54.1. The number of ether oxygens (including phenoxy) is 6. The van der Waals surface area contributed by atoms with Crippen LogP contribution in [0.5, 0.6) is 0 Å². The van der Waals surface area contributed by atoms with Crippen LogP contribution < -0.4 is 16.2 Å². The van der Waals surface area contributed by atoms with Crippen LogP contribution in [0.2, 0.25) is 0 Å². The molecule has 1 saturated heterocycles. The average molecular weight is 1050 g/mol. The van der Waals surface area contributed by atoms with E-state index in [2.05, 4.69) is 10.6 Å². The summed E-state index contributed by atoms with van der Waals surface area (Å²) in [6.07, 6.45) is 1.49. The number of hydrogen-bond donors (Lipinski definition) is 6. The molecule has 6 N–H and O–H groups in total. The minimum absolute atomic E-state index is 0.00878. The van der Waals surface area contributed by atoms with Crippen LogP contribution in [0, 0.1) is 0 Å². The van der Waals surface area contributed by atoms with E-state index in [9.17, 15) is 58.9 Å². The maximum absolute atomic E-state index is 13.5. The van der Waals surface area contributed by atoms with E-state index in [1.54, 1.807) is 19.6 Å². The van der Waals surface area contributed by atoms with Gasteiger partial charge in [-0.1, -0.05) is 26.8 Å². The Morgan fingerprint density at radius 3 is 1.64 bits per heavy atom. The number of carbonyl (C=O) groups is 7. The number of carboxylic acids is 3. The van der Waals surface area contributed by atoms with Gasteiger partial charge in [-0.05, 0) is 18.9 Å². The highest BCUT2D eigenvalue weighted by molar-refractivity contribution is 5.92. The van der Waals surface area contributed by atoms with Crippen LogP contribution in [0.1, 0.15) is 56.9 Å². The Hall–Kier alpha value is -5.16. The number of carboxylic acid groups (broad SMARTS) is 3. The SMILES string of the molecule is CC.CCCOCCOCCOCCC(=O)NCCOCCOCCOCCN(CCNC(=O)CCC(C(=O)O)N1CCN(CC(=O)O)CCN(CC=O)CCN(CC(=O)O)CC1)C(=O)c1cccc(=O)n1O. The molecule has 418 valence electrons. The van der Waals surface area contributed by atoms with Gasteiger partial charge in [0, 0.05) is 104 Å². The molecular weight excluding hydrogens is 965 g/mol. The van der Waals surface area contributed by atoms with Crippen LogP contribution >= 0.6 is 0 Å². The number of rotatable bonds is 38. The summed E-state index contributed by atoms with van der Waals surface area (Å²) < 4.78 is 33.0. The van der Waals surface area contributed by atoms with Gasteiger partial charge in [0.25, 0.3) is 11.5 Å². The fourth-order valence-corrected chi connectivity index (χ4v) is 7.04. The van der Waals surface area contributed by atoms with Gasteiger partial charge >= 0.3 is 17.9 Å². The van der Waals surface area contributed by atoms with Crippen molar-refractivity contribution in [2.24, 2.45) is 0 Å². The second-order valence-electron chi connectivity index (χ2n) is 16.2. The van der Waals surface area contributed by atoms with Gasteiger partial charge in [-0.15, -0.1) is 4.73 Å². The molecule has 1 fully saturated rings. The smallest absolute Gasteiger partial charge is 0.320 e. The predicted octanol–water partition coefficient (Wildman–Crippen LogP) is -1.49. The third-order valence-corrected chi connectivity index (χ3v) is 10.8. The summed E-state index contributed by atoms with van der Waals surface area (Å²) in [5.41, 5.74) is -1.15. The lowest BCUT2D eigenvalue weighted by molar-refractivity contribution is -0.145. The minimum atomic E-state index is -1.23. The topological polar surface area (TPSA) is 318 Å². The van der Waals surface area contributed by atoms with Gasteiger partial charge in [0.05, 0.1) is 92.3 Å². The quantitative estimate of drug-likeness (QED) is 0.0250. The number of amides is 3. The highest BCUT2D eigenvalue weighted by atomic mass is 16.5. The molecule has 0 spiro atoms. The zero-order valence-electron chi connectivity index (χ0n) is 43.0. The molecule has 26 nitrogen and oxygen atoms in total. The van der Waals surface area contributed by atoms with Crippen molar-refractivity contribution in [1.29, 1.82) is 0 Å². The number of nitrogens with one attached hydrogen (secondary N) is 2. The summed E-state index contributed by atoms with van der Waals surface area (Å²) in [6, 6.07) is 2.44. The first kappa shape index (κ1) is 65.9. The van der Waals surface area contributed by atoms with Crippen LogP contribution in [-0.2, 0) is 57.2 Å². The van der Waals surface area contributed by atoms with Crippen molar-refractivity contribution in [2.75, 3.05) is 177 Å². The van der Waals surface area contributed by atoms with Crippen LogP contribution in [0.15, 0.2) is 23.0 Å². The monoisotopic (exact) mass is 1050 g/mol. The van der Waals surface area contributed by atoms with Crippen LogP contribution in [0.4, 0.5) is 0 Å². The van der Waals surface area contributed by atoms with Crippen molar-refractivity contribution in [3.63, 3.8) is 0 Å². The number of pyridine rings is 1. The number of aldehydes is 1. The fourth-order valence-electron chi connectivity index (χ4n) is 7.04. The standard InChI is InChI=1S/C45H76N8O18.C2H6/c1-2-23-66-27-31-70-32-28-67-24-8-40(56)47-10-25-68-29-33-71-34-30-69-26-21-52(44(62)37-4-3-5-41(57)53(37)65)11-9-46-39(55)7-6-38(45(63)64)51-18-16-49(35-42(58)59)14-12-48(20-22-54)13-15-50(17-19-51)36-43(60)61;1-2/h3-5,22,38,65H,2,6-21,23-36H2,1H3,(H,46,55)(H,47,56)(H,58,59)(H,60,61)(H,63,64);1-2H3. The molecule has 2 heterocycles. The molecule has 0 radical (unpaired) electrons. The van der Waals surface area contributed by atoms with E-state index in [4.69, 9.17) is 28.4 Å². The van der Waals surface area contributed by atoms with Gasteiger partial charge in [-0.3, -0.25) is 53.2 Å². The number of aliphatic carboxylic acids is 3. The summed E-state index contributed by atoms with van der Waals surface area (Å²) in [7, 11) is 0. The zero-order valence-corrected chi connectivity index (χ0v) is 43.0. The maximum Gasteiger partial charge on any atom is 0.320 e. The Morgan fingerprint density at radius 2 is 1.11 bits per heavy atom. The first-order chi connectivity index (χ1) is 35.2. The van der Waals surface area contributed by atoms with Gasteiger partial charge in [0.15, 0.2) is 0 Å².